The first-order valence-corrected chi connectivity index (χ1v) is 5.25. The first kappa shape index (κ1) is 9.00. The Hall–Kier alpha value is -0.570. The van der Waals surface area contributed by atoms with E-state index < -0.39 is 0 Å². The van der Waals surface area contributed by atoms with Gasteiger partial charge in [-0.25, -0.2) is 0 Å². The van der Waals surface area contributed by atoms with Crippen LogP contribution in [0.25, 0.3) is 11.1 Å². The second-order valence-electron chi connectivity index (χ2n) is 2.50. The molecule has 0 spiro atoms. The fourth-order valence-corrected chi connectivity index (χ4v) is 2.20. The van der Waals surface area contributed by atoms with Crippen LogP contribution in [-0.4, -0.2) is 4.98 Å². The van der Waals surface area contributed by atoms with Crippen LogP contribution in [0, 0.1) is 0 Å². The summed E-state index contributed by atoms with van der Waals surface area (Å²) in [7, 11) is 0. The third-order valence-corrected chi connectivity index (χ3v) is 3.01. The first-order valence-electron chi connectivity index (χ1n) is 3.61. The minimum absolute atomic E-state index is 0.625. The maximum absolute atomic E-state index is 5.97. The number of nitrogens with zero attached hydrogens (tertiary/aromatic N) is 1. The second-order valence-corrected chi connectivity index (χ2v) is 4.45. The number of aromatic nitrogens is 1. The summed E-state index contributed by atoms with van der Waals surface area (Å²) >= 11 is 13.3. The Balaban J connectivity index is 2.53. The summed E-state index contributed by atoms with van der Waals surface area (Å²) in [6, 6.07) is 3.81. The summed E-state index contributed by atoms with van der Waals surface area (Å²) in [6.45, 7) is 0. The third kappa shape index (κ3) is 1.85. The lowest BCUT2D eigenvalue weighted by Crippen LogP contribution is -1.77. The molecule has 2 rings (SSSR count). The van der Waals surface area contributed by atoms with Gasteiger partial charge in [-0.3, -0.25) is 4.98 Å². The lowest BCUT2D eigenvalue weighted by molar-refractivity contribution is 1.33. The zero-order valence-electron chi connectivity index (χ0n) is 6.50. The minimum Gasteiger partial charge on any atom is -0.263 e. The molecule has 2 heterocycles. The van der Waals surface area contributed by atoms with Crippen LogP contribution in [0.5, 0.6) is 0 Å². The number of pyridine rings is 1. The van der Waals surface area contributed by atoms with Crippen molar-refractivity contribution >= 4 is 34.5 Å². The number of rotatable bonds is 1. The van der Waals surface area contributed by atoms with E-state index in [1.54, 1.807) is 12.4 Å². The van der Waals surface area contributed by atoms with Gasteiger partial charge < -0.3 is 0 Å². The summed E-state index contributed by atoms with van der Waals surface area (Å²) in [5, 5.41) is 2.57. The molecule has 0 aliphatic carbocycles. The lowest BCUT2D eigenvalue weighted by atomic mass is 10.2. The quantitative estimate of drug-likeness (QED) is 0.718. The number of thiophene rings is 1. The number of hydrogen-bond acceptors (Lipinski definition) is 2. The van der Waals surface area contributed by atoms with Crippen molar-refractivity contribution in [2.24, 2.45) is 0 Å². The maximum Gasteiger partial charge on any atom is 0.101 e. The molecule has 0 N–H and O–H groups in total. The molecule has 1 nitrogen and oxygen atoms in total. The van der Waals surface area contributed by atoms with Gasteiger partial charge in [0, 0.05) is 23.5 Å². The highest BCUT2D eigenvalue weighted by Gasteiger charge is 2.04. The van der Waals surface area contributed by atoms with Crippen molar-refractivity contribution in [3.05, 3.63) is 39.3 Å². The lowest BCUT2D eigenvalue weighted by Gasteiger charge is -1.98. The van der Waals surface area contributed by atoms with Crippen molar-refractivity contribution in [2.45, 2.75) is 0 Å². The predicted octanol–water partition coefficient (Wildman–Crippen LogP) is 4.12. The molecule has 0 radical (unpaired) electrons. The Labute approximate surface area is 90.0 Å². The van der Waals surface area contributed by atoms with Crippen molar-refractivity contribution in [1.29, 1.82) is 0 Å². The smallest absolute Gasteiger partial charge is 0.101 e. The maximum atomic E-state index is 5.97. The van der Waals surface area contributed by atoms with E-state index in [1.165, 1.54) is 11.3 Å². The van der Waals surface area contributed by atoms with Crippen molar-refractivity contribution in [2.75, 3.05) is 0 Å². The molecule has 0 bridgehead atoms. The van der Waals surface area contributed by atoms with Crippen molar-refractivity contribution in [3.8, 4) is 11.1 Å². The fraction of sp³-hybridized carbons (Fsp3) is 0. The zero-order valence-corrected chi connectivity index (χ0v) is 8.83. The van der Waals surface area contributed by atoms with E-state index in [-0.39, 0.29) is 0 Å². The van der Waals surface area contributed by atoms with Gasteiger partial charge in [-0.15, -0.1) is 11.3 Å². The van der Waals surface area contributed by atoms with Crippen LogP contribution < -0.4 is 0 Å². The molecule has 0 fully saturated rings. The number of halogens is 2. The third-order valence-electron chi connectivity index (χ3n) is 1.63. The predicted molar refractivity (Wildman–Crippen MR) is 57.6 cm³/mol. The highest BCUT2D eigenvalue weighted by molar-refractivity contribution is 7.15. The average Bonchev–Trinajstić information content (AvgIpc) is 2.51. The standard InChI is InChI=1S/C9H5Cl2NS/c10-7-3-6(4-12-5-7)8-1-2-13-9(8)11/h1-5H. The molecule has 0 unspecified atom stereocenters. The van der Waals surface area contributed by atoms with E-state index in [2.05, 4.69) is 4.98 Å². The first-order chi connectivity index (χ1) is 6.27. The molecule has 0 aliphatic rings. The van der Waals surface area contributed by atoms with Gasteiger partial charge in [0.25, 0.3) is 0 Å². The van der Waals surface area contributed by atoms with Gasteiger partial charge in [-0.05, 0) is 17.5 Å². The van der Waals surface area contributed by atoms with Crippen LogP contribution in [0.15, 0.2) is 29.9 Å². The molecule has 0 amide bonds. The Bertz CT molecular complexity index is 425. The van der Waals surface area contributed by atoms with Crippen LogP contribution in [-0.2, 0) is 0 Å². The van der Waals surface area contributed by atoms with Crippen LogP contribution >= 0.6 is 34.5 Å². The topological polar surface area (TPSA) is 12.9 Å². The normalized spacial score (nSPS) is 10.3. The van der Waals surface area contributed by atoms with E-state index in [0.29, 0.717) is 5.02 Å². The summed E-state index contributed by atoms with van der Waals surface area (Å²) in [6.07, 6.45) is 3.35. The van der Waals surface area contributed by atoms with Crippen molar-refractivity contribution in [1.82, 2.24) is 4.98 Å². The summed E-state index contributed by atoms with van der Waals surface area (Å²) in [5.41, 5.74) is 1.94. The van der Waals surface area contributed by atoms with Gasteiger partial charge >= 0.3 is 0 Å². The van der Waals surface area contributed by atoms with Gasteiger partial charge in [-0.1, -0.05) is 23.2 Å². The Morgan fingerprint density at radius 1 is 1.23 bits per heavy atom. The van der Waals surface area contributed by atoms with Crippen LogP contribution in [0.3, 0.4) is 0 Å². The molecule has 0 saturated carbocycles. The van der Waals surface area contributed by atoms with Gasteiger partial charge in [0.2, 0.25) is 0 Å². The largest absolute Gasteiger partial charge is 0.263 e. The van der Waals surface area contributed by atoms with E-state index in [4.69, 9.17) is 23.2 Å². The van der Waals surface area contributed by atoms with Crippen LogP contribution in [0.4, 0.5) is 0 Å². The second kappa shape index (κ2) is 3.66. The number of hydrogen-bond donors (Lipinski definition) is 0. The van der Waals surface area contributed by atoms with Gasteiger partial charge in [0.1, 0.15) is 4.34 Å². The van der Waals surface area contributed by atoms with Gasteiger partial charge in [0.05, 0.1) is 5.02 Å². The molecule has 2 aromatic rings. The Morgan fingerprint density at radius 2 is 2.08 bits per heavy atom. The monoisotopic (exact) mass is 229 g/mol. The summed E-state index contributed by atoms with van der Waals surface area (Å²) < 4.78 is 0.768. The van der Waals surface area contributed by atoms with E-state index in [9.17, 15) is 0 Å². The highest BCUT2D eigenvalue weighted by atomic mass is 35.5. The SMILES string of the molecule is Clc1cncc(-c2ccsc2Cl)c1. The van der Waals surface area contributed by atoms with Crippen molar-refractivity contribution in [3.63, 3.8) is 0 Å². The molecule has 66 valence electrons. The summed E-state index contributed by atoms with van der Waals surface area (Å²) in [5.74, 6) is 0. The molecular weight excluding hydrogens is 225 g/mol. The van der Waals surface area contributed by atoms with E-state index in [1.807, 2.05) is 17.5 Å². The molecule has 2 aromatic heterocycles. The molecule has 0 saturated heterocycles. The van der Waals surface area contributed by atoms with Crippen LogP contribution in [0.1, 0.15) is 0 Å². The molecule has 0 aliphatic heterocycles. The minimum atomic E-state index is 0.625. The highest BCUT2D eigenvalue weighted by Crippen LogP contribution is 2.32. The van der Waals surface area contributed by atoms with E-state index in [0.717, 1.165) is 15.5 Å². The average molecular weight is 230 g/mol. The van der Waals surface area contributed by atoms with E-state index >= 15 is 0 Å². The fourth-order valence-electron chi connectivity index (χ4n) is 1.06. The van der Waals surface area contributed by atoms with Gasteiger partial charge in [0.15, 0.2) is 0 Å². The van der Waals surface area contributed by atoms with Gasteiger partial charge in [-0.2, -0.15) is 0 Å². The zero-order chi connectivity index (χ0) is 9.26. The molecular formula is C9H5Cl2NS. The van der Waals surface area contributed by atoms with Crippen molar-refractivity contribution < 1.29 is 0 Å². The molecule has 13 heavy (non-hydrogen) atoms. The van der Waals surface area contributed by atoms with Crippen LogP contribution in [0.2, 0.25) is 9.36 Å². The Morgan fingerprint density at radius 3 is 2.69 bits per heavy atom. The molecule has 0 atom stereocenters. The molecule has 4 heteroatoms. The Kier molecular flexibility index (Phi) is 2.54. The molecule has 0 aromatic carbocycles. The summed E-state index contributed by atoms with van der Waals surface area (Å²) in [4.78, 5) is 4.00.